The number of hydrogen-bond donors (Lipinski definition) is 2. The predicted molar refractivity (Wildman–Crippen MR) is 130 cm³/mol. The lowest BCUT2D eigenvalue weighted by atomic mass is 10.1. The summed E-state index contributed by atoms with van der Waals surface area (Å²) in [5.41, 5.74) is 4.71. The summed E-state index contributed by atoms with van der Waals surface area (Å²) >= 11 is 2.04. The molecule has 0 aliphatic heterocycles. The molecule has 158 valence electrons. The van der Waals surface area contributed by atoms with Crippen molar-refractivity contribution >= 4 is 52.4 Å². The zero-order valence-corrected chi connectivity index (χ0v) is 19.2. The Morgan fingerprint density at radius 1 is 1.00 bits per heavy atom. The standard InChI is InChI=1S/C23H21IN4O3/c1-28(2)18-10-8-16(9-11-18)14-20(26-22(29)17-6-4-3-5-7-17)23(30)27-25-15-19-12-13-21(24)31-19/h3-15H,1-2H3,(H,26,29)(H,27,30)/b20-14+,25-15+. The van der Waals surface area contributed by atoms with Gasteiger partial charge in [0.1, 0.15) is 11.5 Å². The zero-order valence-electron chi connectivity index (χ0n) is 17.0. The van der Waals surface area contributed by atoms with E-state index in [9.17, 15) is 9.59 Å². The zero-order chi connectivity index (χ0) is 22.2. The van der Waals surface area contributed by atoms with Crippen LogP contribution in [0.4, 0.5) is 5.69 Å². The first kappa shape index (κ1) is 22.3. The van der Waals surface area contributed by atoms with Gasteiger partial charge >= 0.3 is 0 Å². The highest BCUT2D eigenvalue weighted by Crippen LogP contribution is 2.15. The molecule has 1 heterocycles. The second-order valence-corrected chi connectivity index (χ2v) is 7.77. The van der Waals surface area contributed by atoms with Crippen molar-refractivity contribution < 1.29 is 14.0 Å². The third-order valence-electron chi connectivity index (χ3n) is 4.20. The number of carbonyl (C=O) groups is 2. The van der Waals surface area contributed by atoms with Gasteiger partial charge < -0.3 is 14.6 Å². The summed E-state index contributed by atoms with van der Waals surface area (Å²) in [5.74, 6) is -0.447. The van der Waals surface area contributed by atoms with E-state index in [0.717, 1.165) is 11.3 Å². The molecule has 0 atom stereocenters. The lowest BCUT2D eigenvalue weighted by Gasteiger charge is -2.12. The normalized spacial score (nSPS) is 11.4. The molecule has 31 heavy (non-hydrogen) atoms. The molecule has 8 heteroatoms. The predicted octanol–water partition coefficient (Wildman–Crippen LogP) is 3.87. The largest absolute Gasteiger partial charge is 0.449 e. The van der Waals surface area contributed by atoms with E-state index >= 15 is 0 Å². The Morgan fingerprint density at radius 2 is 1.71 bits per heavy atom. The molecular formula is C23H21IN4O3. The molecule has 0 saturated heterocycles. The molecule has 2 amide bonds. The second-order valence-electron chi connectivity index (χ2n) is 6.71. The Hall–Kier alpha value is -3.40. The van der Waals surface area contributed by atoms with Crippen molar-refractivity contribution in [2.45, 2.75) is 0 Å². The number of hydrogen-bond acceptors (Lipinski definition) is 5. The van der Waals surface area contributed by atoms with Crippen LogP contribution in [0.2, 0.25) is 0 Å². The Balaban J connectivity index is 1.81. The van der Waals surface area contributed by atoms with Crippen molar-refractivity contribution in [3.05, 3.63) is 93.1 Å². The van der Waals surface area contributed by atoms with Crippen LogP contribution in [0.15, 0.2) is 81.9 Å². The smallest absolute Gasteiger partial charge is 0.287 e. The van der Waals surface area contributed by atoms with Crippen LogP contribution in [0.25, 0.3) is 6.08 Å². The van der Waals surface area contributed by atoms with Gasteiger partial charge in [0.25, 0.3) is 11.8 Å². The fraction of sp³-hybridized carbons (Fsp3) is 0.0870. The van der Waals surface area contributed by atoms with Gasteiger partial charge in [-0.15, -0.1) is 0 Å². The Morgan fingerprint density at radius 3 is 2.32 bits per heavy atom. The fourth-order valence-corrected chi connectivity index (χ4v) is 3.02. The van der Waals surface area contributed by atoms with Gasteiger partial charge in [-0.2, -0.15) is 5.10 Å². The van der Waals surface area contributed by atoms with Crippen molar-refractivity contribution in [3.8, 4) is 0 Å². The first-order valence-electron chi connectivity index (χ1n) is 9.36. The van der Waals surface area contributed by atoms with E-state index in [-0.39, 0.29) is 5.70 Å². The van der Waals surface area contributed by atoms with Gasteiger partial charge in [0, 0.05) is 25.3 Å². The molecule has 0 saturated carbocycles. The number of halogens is 1. The van der Waals surface area contributed by atoms with Crippen molar-refractivity contribution in [3.63, 3.8) is 0 Å². The summed E-state index contributed by atoms with van der Waals surface area (Å²) in [4.78, 5) is 27.3. The number of carbonyl (C=O) groups excluding carboxylic acids is 2. The molecule has 1 aromatic heterocycles. The SMILES string of the molecule is CN(C)c1ccc(/C=C(/NC(=O)c2ccccc2)C(=O)N/N=C/c2ccc(I)o2)cc1. The Bertz CT molecular complexity index is 1100. The lowest BCUT2D eigenvalue weighted by molar-refractivity contribution is -0.117. The minimum absolute atomic E-state index is 0.0673. The summed E-state index contributed by atoms with van der Waals surface area (Å²) in [6, 6.07) is 19.8. The van der Waals surface area contributed by atoms with Gasteiger partial charge in [-0.3, -0.25) is 9.59 Å². The van der Waals surface area contributed by atoms with Crippen molar-refractivity contribution in [1.29, 1.82) is 0 Å². The van der Waals surface area contributed by atoms with Gasteiger partial charge in [-0.1, -0.05) is 30.3 Å². The highest BCUT2D eigenvalue weighted by atomic mass is 127. The minimum Gasteiger partial charge on any atom is -0.449 e. The third kappa shape index (κ3) is 6.54. The number of anilines is 1. The van der Waals surface area contributed by atoms with E-state index < -0.39 is 11.8 Å². The fourth-order valence-electron chi connectivity index (χ4n) is 2.59. The third-order valence-corrected chi connectivity index (χ3v) is 4.78. The molecule has 2 N–H and O–H groups in total. The van der Waals surface area contributed by atoms with E-state index in [4.69, 9.17) is 4.42 Å². The Labute approximate surface area is 194 Å². The van der Waals surface area contributed by atoms with Gasteiger partial charge in [0.05, 0.1) is 6.21 Å². The molecule has 0 radical (unpaired) electrons. The number of nitrogens with zero attached hydrogens (tertiary/aromatic N) is 2. The van der Waals surface area contributed by atoms with Crippen LogP contribution in [0, 0.1) is 3.77 Å². The molecule has 0 aliphatic rings. The average molecular weight is 528 g/mol. The molecule has 0 bridgehead atoms. The van der Waals surface area contributed by atoms with E-state index in [0.29, 0.717) is 15.1 Å². The molecule has 7 nitrogen and oxygen atoms in total. The Kier molecular flexibility index (Phi) is 7.60. The monoisotopic (exact) mass is 528 g/mol. The molecular weight excluding hydrogens is 507 g/mol. The quantitative estimate of drug-likeness (QED) is 0.211. The highest BCUT2D eigenvalue weighted by Gasteiger charge is 2.14. The molecule has 0 fully saturated rings. The summed E-state index contributed by atoms with van der Waals surface area (Å²) in [6.45, 7) is 0. The van der Waals surface area contributed by atoms with E-state index in [1.54, 1.807) is 42.5 Å². The maximum atomic E-state index is 12.7. The van der Waals surface area contributed by atoms with Crippen LogP contribution in [0.1, 0.15) is 21.7 Å². The first-order chi connectivity index (χ1) is 14.9. The number of nitrogens with one attached hydrogen (secondary N) is 2. The van der Waals surface area contributed by atoms with E-state index in [2.05, 4.69) is 15.8 Å². The number of rotatable bonds is 7. The number of benzene rings is 2. The van der Waals surface area contributed by atoms with Gasteiger partial charge in [-0.05, 0) is 70.6 Å². The van der Waals surface area contributed by atoms with Crippen LogP contribution in [0.5, 0.6) is 0 Å². The molecule has 2 aromatic carbocycles. The van der Waals surface area contributed by atoms with Crippen LogP contribution in [0.3, 0.4) is 0 Å². The van der Waals surface area contributed by atoms with Crippen LogP contribution in [-0.4, -0.2) is 32.1 Å². The molecule has 0 unspecified atom stereocenters. The number of hydrazone groups is 1. The van der Waals surface area contributed by atoms with Crippen LogP contribution >= 0.6 is 22.6 Å². The topological polar surface area (TPSA) is 86.9 Å². The van der Waals surface area contributed by atoms with Crippen LogP contribution in [-0.2, 0) is 4.79 Å². The van der Waals surface area contributed by atoms with Gasteiger partial charge in [-0.25, -0.2) is 5.43 Å². The summed E-state index contributed by atoms with van der Waals surface area (Å²) in [5, 5.41) is 6.59. The summed E-state index contributed by atoms with van der Waals surface area (Å²) in [6.07, 6.45) is 2.99. The second kappa shape index (κ2) is 10.6. The van der Waals surface area contributed by atoms with Crippen LogP contribution < -0.4 is 15.6 Å². The average Bonchev–Trinajstić information content (AvgIpc) is 3.19. The van der Waals surface area contributed by atoms with Crippen molar-refractivity contribution in [1.82, 2.24) is 10.7 Å². The maximum absolute atomic E-state index is 12.7. The van der Waals surface area contributed by atoms with Crippen molar-refractivity contribution in [2.75, 3.05) is 19.0 Å². The first-order valence-corrected chi connectivity index (χ1v) is 10.4. The number of furan rings is 1. The summed E-state index contributed by atoms with van der Waals surface area (Å²) < 4.78 is 6.08. The van der Waals surface area contributed by atoms with E-state index in [1.165, 1.54) is 6.21 Å². The molecule has 0 spiro atoms. The van der Waals surface area contributed by atoms with Gasteiger partial charge in [0.2, 0.25) is 0 Å². The lowest BCUT2D eigenvalue weighted by Crippen LogP contribution is -2.32. The molecule has 0 aliphatic carbocycles. The molecule has 3 rings (SSSR count). The number of amides is 2. The van der Waals surface area contributed by atoms with Crippen molar-refractivity contribution in [2.24, 2.45) is 5.10 Å². The minimum atomic E-state index is -0.557. The maximum Gasteiger partial charge on any atom is 0.287 e. The highest BCUT2D eigenvalue weighted by molar-refractivity contribution is 14.1. The van der Waals surface area contributed by atoms with E-state index in [1.807, 2.05) is 71.9 Å². The summed E-state index contributed by atoms with van der Waals surface area (Å²) in [7, 11) is 3.89. The van der Waals surface area contributed by atoms with Gasteiger partial charge in [0.15, 0.2) is 3.77 Å². The molecule has 3 aromatic rings.